The second-order valence-electron chi connectivity index (χ2n) is 9.41. The van der Waals surface area contributed by atoms with Gasteiger partial charge >= 0.3 is 0 Å². The Balaban J connectivity index is 1.68. The molecule has 2 aromatic rings. The Morgan fingerprint density at radius 2 is 1.46 bits per heavy atom. The summed E-state index contributed by atoms with van der Waals surface area (Å²) < 4.78 is 11.5. The summed E-state index contributed by atoms with van der Waals surface area (Å²) in [6, 6.07) is 18.6. The van der Waals surface area contributed by atoms with Crippen molar-refractivity contribution in [2.45, 2.75) is 58.9 Å². The first kappa shape index (κ1) is 22.4. The summed E-state index contributed by atoms with van der Waals surface area (Å²) in [6.07, 6.45) is 1.95. The third-order valence-corrected chi connectivity index (χ3v) is 4.91. The first-order valence-electron chi connectivity index (χ1n) is 10.3. The van der Waals surface area contributed by atoms with Crippen molar-refractivity contribution in [3.8, 4) is 5.75 Å². The van der Waals surface area contributed by atoms with Crippen LogP contribution in [0.25, 0.3) is 0 Å². The molecule has 2 aromatic carbocycles. The van der Waals surface area contributed by atoms with Gasteiger partial charge in [0.25, 0.3) is 0 Å². The summed E-state index contributed by atoms with van der Waals surface area (Å²) in [5.41, 5.74) is 9.13. The van der Waals surface area contributed by atoms with E-state index in [4.69, 9.17) is 15.2 Å². The summed E-state index contributed by atoms with van der Waals surface area (Å²) in [5.74, 6) is 0.889. The highest BCUT2D eigenvalue weighted by atomic mass is 16.5. The van der Waals surface area contributed by atoms with Crippen LogP contribution in [-0.2, 0) is 10.2 Å². The molecule has 0 heterocycles. The summed E-state index contributed by atoms with van der Waals surface area (Å²) >= 11 is 0. The van der Waals surface area contributed by atoms with Crippen LogP contribution in [0.15, 0.2) is 54.6 Å². The Morgan fingerprint density at radius 3 is 2.07 bits per heavy atom. The third kappa shape index (κ3) is 7.65. The van der Waals surface area contributed by atoms with Crippen molar-refractivity contribution in [2.24, 2.45) is 11.1 Å². The van der Waals surface area contributed by atoms with Gasteiger partial charge in [-0.05, 0) is 46.9 Å². The number of benzene rings is 2. The number of ether oxygens (including phenoxy) is 2. The van der Waals surface area contributed by atoms with Gasteiger partial charge in [-0.1, -0.05) is 77.1 Å². The zero-order chi connectivity index (χ0) is 20.6. The standard InChI is InChI=1S/C25H37NO2/c1-24(2,3)19-25(4,5)21-11-13-22(14-12-21)28-18-17-27-16-15-23(26)20-9-7-6-8-10-20/h6-14,23H,15-19,26H2,1-5H3. The molecule has 0 amide bonds. The molecule has 0 aliphatic heterocycles. The predicted molar refractivity (Wildman–Crippen MR) is 118 cm³/mol. The van der Waals surface area contributed by atoms with Gasteiger partial charge < -0.3 is 15.2 Å². The molecule has 2 N–H and O–H groups in total. The molecular formula is C25H37NO2. The third-order valence-electron chi connectivity index (χ3n) is 4.91. The fraction of sp³-hybridized carbons (Fsp3) is 0.520. The van der Waals surface area contributed by atoms with E-state index < -0.39 is 0 Å². The van der Waals surface area contributed by atoms with Crippen LogP contribution >= 0.6 is 0 Å². The van der Waals surface area contributed by atoms with Crippen LogP contribution in [0.2, 0.25) is 0 Å². The van der Waals surface area contributed by atoms with E-state index in [9.17, 15) is 0 Å². The molecule has 28 heavy (non-hydrogen) atoms. The van der Waals surface area contributed by atoms with Crippen LogP contribution in [0.1, 0.15) is 64.6 Å². The largest absolute Gasteiger partial charge is 0.491 e. The Morgan fingerprint density at radius 1 is 0.821 bits per heavy atom. The second kappa shape index (κ2) is 10.1. The fourth-order valence-corrected chi connectivity index (χ4v) is 3.83. The highest BCUT2D eigenvalue weighted by Crippen LogP contribution is 2.36. The molecule has 0 aliphatic carbocycles. The van der Waals surface area contributed by atoms with Crippen molar-refractivity contribution < 1.29 is 9.47 Å². The molecule has 0 fully saturated rings. The number of rotatable bonds is 10. The van der Waals surface area contributed by atoms with E-state index in [2.05, 4.69) is 71.0 Å². The van der Waals surface area contributed by atoms with Crippen LogP contribution < -0.4 is 10.5 Å². The van der Waals surface area contributed by atoms with Gasteiger partial charge in [0.15, 0.2) is 0 Å². The van der Waals surface area contributed by atoms with Crippen LogP contribution in [-0.4, -0.2) is 19.8 Å². The zero-order valence-corrected chi connectivity index (χ0v) is 18.2. The Labute approximate surface area is 171 Å². The second-order valence-corrected chi connectivity index (χ2v) is 9.41. The van der Waals surface area contributed by atoms with Crippen molar-refractivity contribution in [1.29, 1.82) is 0 Å². The number of hydrogen-bond donors (Lipinski definition) is 1. The van der Waals surface area contributed by atoms with Gasteiger partial charge in [-0.2, -0.15) is 0 Å². The lowest BCUT2D eigenvalue weighted by atomic mass is 9.72. The highest BCUT2D eigenvalue weighted by molar-refractivity contribution is 5.31. The summed E-state index contributed by atoms with van der Waals surface area (Å²) in [7, 11) is 0. The Bertz CT molecular complexity index is 687. The maximum atomic E-state index is 6.18. The van der Waals surface area contributed by atoms with E-state index >= 15 is 0 Å². The Kier molecular flexibility index (Phi) is 8.09. The smallest absolute Gasteiger partial charge is 0.119 e. The van der Waals surface area contributed by atoms with E-state index in [0.717, 1.165) is 24.2 Å². The molecule has 0 aliphatic rings. The average molecular weight is 384 g/mol. The minimum atomic E-state index is 0.0196. The SMILES string of the molecule is CC(C)(C)CC(C)(C)c1ccc(OCCOCCC(N)c2ccccc2)cc1. The topological polar surface area (TPSA) is 44.5 Å². The first-order chi connectivity index (χ1) is 13.2. The van der Waals surface area contributed by atoms with E-state index in [1.807, 2.05) is 18.2 Å². The van der Waals surface area contributed by atoms with Crippen molar-refractivity contribution in [2.75, 3.05) is 19.8 Å². The van der Waals surface area contributed by atoms with E-state index in [-0.39, 0.29) is 11.5 Å². The minimum Gasteiger partial charge on any atom is -0.491 e. The maximum absolute atomic E-state index is 6.18. The average Bonchev–Trinajstić information content (AvgIpc) is 2.63. The van der Waals surface area contributed by atoms with Gasteiger partial charge in [-0.15, -0.1) is 0 Å². The molecule has 0 bridgehead atoms. The first-order valence-corrected chi connectivity index (χ1v) is 10.3. The van der Waals surface area contributed by atoms with Crippen molar-refractivity contribution in [1.82, 2.24) is 0 Å². The van der Waals surface area contributed by atoms with Crippen LogP contribution in [0.5, 0.6) is 5.75 Å². The molecule has 0 saturated carbocycles. The summed E-state index contributed by atoms with van der Waals surface area (Å²) in [4.78, 5) is 0. The lowest BCUT2D eigenvalue weighted by molar-refractivity contribution is 0.0951. The molecule has 1 unspecified atom stereocenters. The van der Waals surface area contributed by atoms with E-state index in [1.54, 1.807) is 0 Å². The maximum Gasteiger partial charge on any atom is 0.119 e. The van der Waals surface area contributed by atoms with Gasteiger partial charge in [-0.3, -0.25) is 0 Å². The van der Waals surface area contributed by atoms with E-state index in [1.165, 1.54) is 5.56 Å². The molecule has 1 atom stereocenters. The normalized spacial score (nSPS) is 13.4. The van der Waals surface area contributed by atoms with Crippen molar-refractivity contribution >= 4 is 0 Å². The number of hydrogen-bond acceptors (Lipinski definition) is 3. The molecule has 2 rings (SSSR count). The predicted octanol–water partition coefficient (Wildman–Crippen LogP) is 5.89. The monoisotopic (exact) mass is 383 g/mol. The number of nitrogens with two attached hydrogens (primary N) is 1. The van der Waals surface area contributed by atoms with Crippen LogP contribution in [0.3, 0.4) is 0 Å². The summed E-state index contributed by atoms with van der Waals surface area (Å²) in [6.45, 7) is 13.2. The quantitative estimate of drug-likeness (QED) is 0.521. The molecule has 0 spiro atoms. The fourth-order valence-electron chi connectivity index (χ4n) is 3.83. The molecular weight excluding hydrogens is 346 g/mol. The van der Waals surface area contributed by atoms with Crippen LogP contribution in [0, 0.1) is 5.41 Å². The van der Waals surface area contributed by atoms with Gasteiger partial charge in [0.1, 0.15) is 12.4 Å². The molecule has 3 heteroatoms. The zero-order valence-electron chi connectivity index (χ0n) is 18.2. The molecule has 0 radical (unpaired) electrons. The van der Waals surface area contributed by atoms with Crippen molar-refractivity contribution in [3.63, 3.8) is 0 Å². The lowest BCUT2D eigenvalue weighted by Gasteiger charge is -2.33. The van der Waals surface area contributed by atoms with Gasteiger partial charge in [0.2, 0.25) is 0 Å². The van der Waals surface area contributed by atoms with Crippen molar-refractivity contribution in [3.05, 3.63) is 65.7 Å². The van der Waals surface area contributed by atoms with E-state index in [0.29, 0.717) is 25.2 Å². The minimum absolute atomic E-state index is 0.0196. The van der Waals surface area contributed by atoms with Gasteiger partial charge in [0, 0.05) is 12.6 Å². The summed E-state index contributed by atoms with van der Waals surface area (Å²) in [5, 5.41) is 0. The van der Waals surface area contributed by atoms with Gasteiger partial charge in [-0.25, -0.2) is 0 Å². The molecule has 3 nitrogen and oxygen atoms in total. The van der Waals surface area contributed by atoms with Gasteiger partial charge in [0.05, 0.1) is 6.61 Å². The van der Waals surface area contributed by atoms with Crippen LogP contribution in [0.4, 0.5) is 0 Å². The molecule has 0 saturated heterocycles. The Hall–Kier alpha value is -1.84. The molecule has 0 aromatic heterocycles. The highest BCUT2D eigenvalue weighted by Gasteiger charge is 2.27. The lowest BCUT2D eigenvalue weighted by Crippen LogP contribution is -2.24. The molecule has 154 valence electrons.